The molecule has 0 aliphatic carbocycles. The Labute approximate surface area is 269 Å². The van der Waals surface area contributed by atoms with E-state index in [1.807, 2.05) is 53.3 Å². The lowest BCUT2D eigenvalue weighted by Gasteiger charge is -2.26. The van der Waals surface area contributed by atoms with Crippen molar-refractivity contribution in [2.75, 3.05) is 38.6 Å². The van der Waals surface area contributed by atoms with Gasteiger partial charge >= 0.3 is 5.65 Å². The van der Waals surface area contributed by atoms with Crippen LogP contribution in [0.15, 0.2) is 84.2 Å². The fourth-order valence-electron chi connectivity index (χ4n) is 5.74. The Hall–Kier alpha value is -5.84. The van der Waals surface area contributed by atoms with Gasteiger partial charge in [-0.25, -0.2) is 10.1 Å². The molecule has 1 aliphatic rings. The van der Waals surface area contributed by atoms with Gasteiger partial charge in [0.1, 0.15) is 18.2 Å². The first-order valence-electron chi connectivity index (χ1n) is 15.4. The molecule has 0 radical (unpaired) electrons. The summed E-state index contributed by atoms with van der Waals surface area (Å²) in [6.07, 6.45) is 6.95. The first-order valence-corrected chi connectivity index (χ1v) is 15.4. The summed E-state index contributed by atoms with van der Waals surface area (Å²) in [5, 5.41) is 10.7. The van der Waals surface area contributed by atoms with Gasteiger partial charge in [0.2, 0.25) is 0 Å². The maximum Gasteiger partial charge on any atom is 0.362 e. The number of carbonyl (C=O) groups excluding carboxylic acids is 1. The van der Waals surface area contributed by atoms with E-state index in [1.165, 1.54) is 4.57 Å². The second-order valence-corrected chi connectivity index (χ2v) is 11.3. The molecule has 47 heavy (non-hydrogen) atoms. The highest BCUT2D eigenvalue weighted by Gasteiger charge is 2.27. The van der Waals surface area contributed by atoms with Crippen LogP contribution in [-0.4, -0.2) is 73.1 Å². The first-order chi connectivity index (χ1) is 23.0. The number of aromatic amines is 1. The number of ether oxygens (including phenoxy) is 1. The van der Waals surface area contributed by atoms with Crippen molar-refractivity contribution in [3.05, 3.63) is 112 Å². The minimum Gasteiger partial charge on any atom is -0.382 e. The van der Waals surface area contributed by atoms with Crippen LogP contribution in [0.5, 0.6) is 0 Å². The number of hydrogen-bond acceptors (Lipinski definition) is 8. The number of fused-ring (bicyclic) bond motifs is 2. The van der Waals surface area contributed by atoms with Gasteiger partial charge in [-0.05, 0) is 36.2 Å². The highest BCUT2D eigenvalue weighted by Crippen LogP contribution is 2.21. The predicted octanol–water partition coefficient (Wildman–Crippen LogP) is 1.85. The molecule has 4 aromatic heterocycles. The van der Waals surface area contributed by atoms with Gasteiger partial charge in [0, 0.05) is 37.5 Å². The number of anilines is 1. The summed E-state index contributed by atoms with van der Waals surface area (Å²) in [6.45, 7) is 6.77. The van der Waals surface area contributed by atoms with Gasteiger partial charge in [0.05, 0.1) is 54.2 Å². The monoisotopic (exact) mass is 629 g/mol. The van der Waals surface area contributed by atoms with Crippen LogP contribution in [0, 0.1) is 11.8 Å². The molecule has 5 heterocycles. The number of para-hydroxylation sites is 1. The Morgan fingerprint density at radius 1 is 1.11 bits per heavy atom. The quantitative estimate of drug-likeness (QED) is 0.179. The molecule has 6 aromatic rings. The molecule has 7 rings (SSSR count). The topological polar surface area (TPSA) is 153 Å². The number of nitrogens with zero attached hydrogens (tertiary/aromatic N) is 7. The second kappa shape index (κ2) is 12.9. The van der Waals surface area contributed by atoms with E-state index in [0.29, 0.717) is 33.6 Å². The third-order valence-electron chi connectivity index (χ3n) is 8.10. The Kier molecular flexibility index (Phi) is 8.18. The summed E-state index contributed by atoms with van der Waals surface area (Å²) >= 11 is 0. The summed E-state index contributed by atoms with van der Waals surface area (Å²) in [6, 6.07) is 15.7. The van der Waals surface area contributed by atoms with E-state index in [9.17, 15) is 9.59 Å². The molecule has 1 fully saturated rings. The molecule has 1 unspecified atom stereocenters. The SMILES string of the molecule is CC(NC(=O)c1c(N)[nH][n+]2cccnc12)c1nc2cccc(C#Cc3cnn(CCN4CCOCC4)c3)c2c(=O)n1-c1ccccc1. The second-order valence-electron chi connectivity index (χ2n) is 11.3. The highest BCUT2D eigenvalue weighted by molar-refractivity contribution is 6.03. The fourth-order valence-corrected chi connectivity index (χ4v) is 5.74. The number of rotatable bonds is 7. The summed E-state index contributed by atoms with van der Waals surface area (Å²) in [4.78, 5) is 39.4. The van der Waals surface area contributed by atoms with Crippen molar-refractivity contribution in [2.24, 2.45) is 0 Å². The smallest absolute Gasteiger partial charge is 0.362 e. The molecular formula is C34H33N10O3+. The van der Waals surface area contributed by atoms with Crippen molar-refractivity contribution < 1.29 is 14.0 Å². The molecule has 4 N–H and O–H groups in total. The van der Waals surface area contributed by atoms with E-state index in [0.717, 1.165) is 45.0 Å². The van der Waals surface area contributed by atoms with Gasteiger partial charge in [-0.2, -0.15) is 5.10 Å². The summed E-state index contributed by atoms with van der Waals surface area (Å²) in [5.74, 6) is 6.43. The number of amides is 1. The number of aromatic nitrogens is 7. The van der Waals surface area contributed by atoms with Gasteiger partial charge in [-0.1, -0.05) is 36.1 Å². The zero-order valence-corrected chi connectivity index (χ0v) is 25.8. The third-order valence-corrected chi connectivity index (χ3v) is 8.10. The average Bonchev–Trinajstić information content (AvgIpc) is 3.70. The molecular weight excluding hydrogens is 596 g/mol. The third kappa shape index (κ3) is 6.07. The molecule has 0 spiro atoms. The molecule has 13 heteroatoms. The minimum atomic E-state index is -0.684. The first kappa shape index (κ1) is 29.8. The number of nitrogens with two attached hydrogens (primary N) is 1. The van der Waals surface area contributed by atoms with E-state index in [1.54, 1.807) is 42.2 Å². The molecule has 236 valence electrons. The molecule has 1 saturated heterocycles. The largest absolute Gasteiger partial charge is 0.382 e. The summed E-state index contributed by atoms with van der Waals surface area (Å²) < 4.78 is 10.4. The fraction of sp³-hybridized carbons (Fsp3) is 0.235. The number of H-pyrrole nitrogens is 1. The summed E-state index contributed by atoms with van der Waals surface area (Å²) in [5.41, 5.74) is 8.80. The zero-order chi connectivity index (χ0) is 32.3. The lowest BCUT2D eigenvalue weighted by atomic mass is 10.1. The predicted molar refractivity (Wildman–Crippen MR) is 175 cm³/mol. The van der Waals surface area contributed by atoms with Crippen molar-refractivity contribution in [1.29, 1.82) is 0 Å². The van der Waals surface area contributed by atoms with Crippen LogP contribution in [0.2, 0.25) is 0 Å². The lowest BCUT2D eigenvalue weighted by molar-refractivity contribution is -0.577. The molecule has 2 aromatic carbocycles. The van der Waals surface area contributed by atoms with Gasteiger partial charge < -0.3 is 15.8 Å². The maximum absolute atomic E-state index is 14.3. The number of nitrogen functional groups attached to an aromatic ring is 1. The van der Waals surface area contributed by atoms with Crippen LogP contribution in [0.1, 0.15) is 40.3 Å². The molecule has 1 atom stereocenters. The van der Waals surface area contributed by atoms with Crippen molar-refractivity contribution in [3.63, 3.8) is 0 Å². The number of hydrogen-bond donors (Lipinski definition) is 3. The number of carbonyl (C=O) groups is 1. The van der Waals surface area contributed by atoms with E-state index < -0.39 is 11.9 Å². The Morgan fingerprint density at radius 3 is 2.77 bits per heavy atom. The van der Waals surface area contributed by atoms with Crippen LogP contribution in [0.25, 0.3) is 22.2 Å². The van der Waals surface area contributed by atoms with Crippen molar-refractivity contribution in [2.45, 2.75) is 19.5 Å². The van der Waals surface area contributed by atoms with E-state index in [-0.39, 0.29) is 16.9 Å². The van der Waals surface area contributed by atoms with Crippen molar-refractivity contribution in [3.8, 4) is 17.5 Å². The number of nitrogens with one attached hydrogen (secondary N) is 2. The number of morpholine rings is 1. The molecule has 13 nitrogen and oxygen atoms in total. The highest BCUT2D eigenvalue weighted by atomic mass is 16.5. The van der Waals surface area contributed by atoms with Crippen molar-refractivity contribution >= 4 is 28.3 Å². The van der Waals surface area contributed by atoms with Gasteiger partial charge in [-0.3, -0.25) is 23.7 Å². The molecule has 1 aliphatic heterocycles. The van der Waals surface area contributed by atoms with Crippen LogP contribution < -0.4 is 21.1 Å². The van der Waals surface area contributed by atoms with Crippen LogP contribution in [0.4, 0.5) is 5.82 Å². The lowest BCUT2D eigenvalue weighted by Crippen LogP contribution is -2.38. The van der Waals surface area contributed by atoms with E-state index in [4.69, 9.17) is 15.5 Å². The molecule has 0 saturated carbocycles. The van der Waals surface area contributed by atoms with E-state index in [2.05, 4.69) is 37.2 Å². The number of benzene rings is 2. The van der Waals surface area contributed by atoms with Crippen LogP contribution in [-0.2, 0) is 11.3 Å². The van der Waals surface area contributed by atoms with E-state index >= 15 is 0 Å². The average molecular weight is 630 g/mol. The van der Waals surface area contributed by atoms with Gasteiger partial charge in [0.25, 0.3) is 11.5 Å². The van der Waals surface area contributed by atoms with Crippen molar-refractivity contribution in [1.82, 2.24) is 39.6 Å². The van der Waals surface area contributed by atoms with Crippen LogP contribution in [0.3, 0.4) is 0 Å². The minimum absolute atomic E-state index is 0.172. The zero-order valence-electron chi connectivity index (χ0n) is 25.8. The Balaban J connectivity index is 1.22. The Morgan fingerprint density at radius 2 is 1.94 bits per heavy atom. The van der Waals surface area contributed by atoms with Gasteiger partial charge in [-0.15, -0.1) is 4.52 Å². The Bertz CT molecular complexity index is 2200. The van der Waals surface area contributed by atoms with Gasteiger partial charge in [0.15, 0.2) is 11.4 Å². The standard InChI is InChI=1S/C34H32N10O3/c1-23(38-33(45)29-30(35)40-43-14-6-13-36-32(29)43)31-39-27-10-5-7-25(28(27)34(46)44(31)26-8-3-2-4-9-26)12-11-24-21-37-42(22-24)16-15-41-17-19-47-20-18-41/h2-10,13-14,21-23H,15-20H2,1H3,(H3,35,38,40,45)/p+1. The normalized spacial score (nSPS) is 14.1. The summed E-state index contributed by atoms with van der Waals surface area (Å²) in [7, 11) is 0. The maximum atomic E-state index is 14.3. The molecule has 0 bridgehead atoms. The molecule has 1 amide bonds. The van der Waals surface area contributed by atoms with Crippen LogP contribution >= 0.6 is 0 Å².